The third-order valence-corrected chi connectivity index (χ3v) is 8.69. The van der Waals surface area contributed by atoms with Gasteiger partial charge in [0.15, 0.2) is 9.84 Å². The molecule has 0 amide bonds. The minimum Gasteiger partial charge on any atom is -0.497 e. The van der Waals surface area contributed by atoms with E-state index in [4.69, 9.17) is 19.2 Å². The van der Waals surface area contributed by atoms with Gasteiger partial charge < -0.3 is 19.5 Å². The van der Waals surface area contributed by atoms with Crippen LogP contribution in [0.5, 0.6) is 17.2 Å². The molecule has 10 heteroatoms. The van der Waals surface area contributed by atoms with Crippen LogP contribution in [0.2, 0.25) is 0 Å². The van der Waals surface area contributed by atoms with E-state index in [0.29, 0.717) is 40.9 Å². The number of methoxy groups -OCH3 is 3. The number of aryl methyl sites for hydroxylation is 1. The molecule has 3 heterocycles. The van der Waals surface area contributed by atoms with Crippen molar-refractivity contribution in [3.8, 4) is 28.6 Å². The van der Waals surface area contributed by atoms with E-state index in [-0.39, 0.29) is 10.6 Å². The Balaban J connectivity index is 1.73. The van der Waals surface area contributed by atoms with Gasteiger partial charge in [-0.15, -0.1) is 0 Å². The molecule has 0 saturated heterocycles. The lowest BCUT2D eigenvalue weighted by Gasteiger charge is -2.21. The molecule has 37 heavy (non-hydrogen) atoms. The number of hydrogen-bond donors (Lipinski definition) is 1. The summed E-state index contributed by atoms with van der Waals surface area (Å²) in [7, 11) is 1.01. The van der Waals surface area contributed by atoms with E-state index in [1.165, 1.54) is 7.11 Å². The zero-order valence-electron chi connectivity index (χ0n) is 22.1. The summed E-state index contributed by atoms with van der Waals surface area (Å²) < 4.78 is 43.5. The van der Waals surface area contributed by atoms with Gasteiger partial charge in [-0.1, -0.05) is 6.07 Å². The predicted molar refractivity (Wildman–Crippen MR) is 144 cm³/mol. The maximum atomic E-state index is 13.3. The van der Waals surface area contributed by atoms with Gasteiger partial charge in [0.25, 0.3) is 0 Å². The van der Waals surface area contributed by atoms with E-state index in [1.807, 2.05) is 37.3 Å². The number of nitrogens with zero attached hydrogens (tertiary/aromatic N) is 3. The number of benzene rings is 1. The Kier molecular flexibility index (Phi) is 7.05. The molecule has 9 nitrogen and oxygen atoms in total. The Morgan fingerprint density at radius 2 is 1.70 bits per heavy atom. The number of rotatable bonds is 8. The normalized spacial score (nSPS) is 12.0. The third kappa shape index (κ3) is 4.93. The largest absolute Gasteiger partial charge is 0.497 e. The molecular weight excluding hydrogens is 492 g/mol. The highest BCUT2D eigenvalue weighted by atomic mass is 32.2. The lowest BCUT2D eigenvalue weighted by Crippen LogP contribution is -2.28. The fourth-order valence-corrected chi connectivity index (χ4v) is 5.21. The average molecular weight is 525 g/mol. The van der Waals surface area contributed by atoms with E-state index >= 15 is 0 Å². The Morgan fingerprint density at radius 1 is 0.973 bits per heavy atom. The van der Waals surface area contributed by atoms with Crippen molar-refractivity contribution in [2.24, 2.45) is 0 Å². The van der Waals surface area contributed by atoms with Crippen molar-refractivity contribution in [2.45, 2.75) is 43.9 Å². The molecule has 0 radical (unpaired) electrons. The van der Waals surface area contributed by atoms with Crippen LogP contribution in [0.25, 0.3) is 17.0 Å². The van der Waals surface area contributed by atoms with Crippen molar-refractivity contribution in [3.63, 3.8) is 0 Å². The molecule has 4 aromatic rings. The predicted octanol–water partition coefficient (Wildman–Crippen LogP) is 4.91. The lowest BCUT2D eigenvalue weighted by molar-refractivity contribution is 0.391. The molecule has 3 aromatic heterocycles. The third-order valence-electron chi connectivity index (χ3n) is 6.19. The van der Waals surface area contributed by atoms with Crippen LogP contribution < -0.4 is 19.5 Å². The summed E-state index contributed by atoms with van der Waals surface area (Å²) >= 11 is 0. The van der Waals surface area contributed by atoms with Crippen LogP contribution in [0.4, 0.5) is 5.82 Å². The van der Waals surface area contributed by atoms with Gasteiger partial charge in [-0.25, -0.2) is 18.4 Å². The van der Waals surface area contributed by atoms with Gasteiger partial charge in [-0.2, -0.15) is 0 Å². The van der Waals surface area contributed by atoms with Gasteiger partial charge in [0.1, 0.15) is 33.6 Å². The molecule has 0 unspecified atom stereocenters. The number of anilines is 1. The van der Waals surface area contributed by atoms with Gasteiger partial charge in [-0.05, 0) is 51.5 Å². The number of aromatic nitrogens is 3. The maximum absolute atomic E-state index is 13.3. The Labute approximate surface area is 217 Å². The van der Waals surface area contributed by atoms with Crippen LogP contribution in [0.1, 0.15) is 31.9 Å². The summed E-state index contributed by atoms with van der Waals surface area (Å²) in [5.74, 6) is 2.38. The van der Waals surface area contributed by atoms with Gasteiger partial charge >= 0.3 is 0 Å². The Morgan fingerprint density at radius 3 is 2.35 bits per heavy atom. The SMILES string of the molecule is COc1ccc(CNc2nc(-c3cnc4cc(OC)c(S(=O)(=O)C(C)(C)C)cn34)ccc2C)c(OC)c1. The van der Waals surface area contributed by atoms with Crippen LogP contribution in [0.15, 0.2) is 53.7 Å². The highest BCUT2D eigenvalue weighted by Crippen LogP contribution is 2.34. The molecule has 1 N–H and O–H groups in total. The van der Waals surface area contributed by atoms with E-state index in [0.717, 1.165) is 11.1 Å². The summed E-state index contributed by atoms with van der Waals surface area (Å²) in [5.41, 5.74) is 3.77. The highest BCUT2D eigenvalue weighted by Gasteiger charge is 2.34. The summed E-state index contributed by atoms with van der Waals surface area (Å²) in [6, 6.07) is 11.1. The van der Waals surface area contributed by atoms with E-state index in [9.17, 15) is 8.42 Å². The van der Waals surface area contributed by atoms with Gasteiger partial charge in [0, 0.05) is 30.4 Å². The van der Waals surface area contributed by atoms with Crippen LogP contribution in [-0.2, 0) is 16.4 Å². The number of hydrogen-bond acceptors (Lipinski definition) is 8. The molecule has 1 aromatic carbocycles. The number of sulfone groups is 1. The summed E-state index contributed by atoms with van der Waals surface area (Å²) in [5, 5.41) is 3.39. The van der Waals surface area contributed by atoms with Gasteiger partial charge in [-0.3, -0.25) is 4.40 Å². The first-order valence-electron chi connectivity index (χ1n) is 11.7. The van der Waals surface area contributed by atoms with E-state index in [1.54, 1.807) is 57.9 Å². The molecule has 0 spiro atoms. The number of fused-ring (bicyclic) bond motifs is 1. The highest BCUT2D eigenvalue weighted by molar-refractivity contribution is 7.92. The number of ether oxygens (including phenoxy) is 3. The van der Waals surface area contributed by atoms with Crippen LogP contribution in [0.3, 0.4) is 0 Å². The van der Waals surface area contributed by atoms with Crippen molar-refractivity contribution < 1.29 is 22.6 Å². The number of imidazole rings is 1. The number of pyridine rings is 2. The van der Waals surface area contributed by atoms with Crippen molar-refractivity contribution in [2.75, 3.05) is 26.6 Å². The molecule has 0 fully saturated rings. The van der Waals surface area contributed by atoms with Crippen molar-refractivity contribution in [1.29, 1.82) is 0 Å². The lowest BCUT2D eigenvalue weighted by atomic mass is 10.1. The Hall–Kier alpha value is -3.79. The molecule has 0 aliphatic rings. The summed E-state index contributed by atoms with van der Waals surface area (Å²) in [4.78, 5) is 9.41. The number of nitrogens with one attached hydrogen (secondary N) is 1. The second-order valence-corrected chi connectivity index (χ2v) is 12.3. The maximum Gasteiger partial charge on any atom is 0.188 e. The van der Waals surface area contributed by atoms with Crippen LogP contribution >= 0.6 is 0 Å². The monoisotopic (exact) mass is 524 g/mol. The van der Waals surface area contributed by atoms with Gasteiger partial charge in [0.05, 0.1) is 43.7 Å². The second kappa shape index (κ2) is 9.93. The molecule has 0 saturated carbocycles. The molecule has 4 rings (SSSR count). The molecule has 0 bridgehead atoms. The van der Waals surface area contributed by atoms with Crippen molar-refractivity contribution >= 4 is 21.3 Å². The molecule has 0 atom stereocenters. The van der Waals surface area contributed by atoms with Crippen molar-refractivity contribution in [3.05, 3.63) is 59.9 Å². The minimum atomic E-state index is -3.68. The fraction of sp³-hybridized carbons (Fsp3) is 0.333. The minimum absolute atomic E-state index is 0.103. The summed E-state index contributed by atoms with van der Waals surface area (Å²) in [6.07, 6.45) is 3.24. The first-order chi connectivity index (χ1) is 17.5. The van der Waals surface area contributed by atoms with Crippen LogP contribution in [-0.4, -0.2) is 48.9 Å². The van der Waals surface area contributed by atoms with Crippen LogP contribution in [0, 0.1) is 6.92 Å². The fourth-order valence-electron chi connectivity index (χ4n) is 3.89. The topological polar surface area (TPSA) is 104 Å². The van der Waals surface area contributed by atoms with Crippen molar-refractivity contribution in [1.82, 2.24) is 14.4 Å². The Bertz CT molecular complexity index is 1560. The molecular formula is C27H32N4O5S. The smallest absolute Gasteiger partial charge is 0.188 e. The quantitative estimate of drug-likeness (QED) is 0.347. The standard InChI is InChI=1S/C27H32N4O5S/c1-17-8-11-20(30-26(17)29-14-18-9-10-19(34-5)12-22(18)35-6)21-15-28-25-13-23(36-7)24(16-31(21)25)37(32,33)27(2,3)4/h8-13,15-16H,14H2,1-7H3,(H,29,30). The molecule has 0 aliphatic heterocycles. The molecule has 196 valence electrons. The summed E-state index contributed by atoms with van der Waals surface area (Å²) in [6.45, 7) is 7.45. The second-order valence-electron chi connectivity index (χ2n) is 9.59. The van der Waals surface area contributed by atoms with E-state index in [2.05, 4.69) is 10.3 Å². The average Bonchev–Trinajstić information content (AvgIpc) is 3.29. The first-order valence-corrected chi connectivity index (χ1v) is 13.2. The molecule has 0 aliphatic carbocycles. The van der Waals surface area contributed by atoms with Gasteiger partial charge in [0.2, 0.25) is 0 Å². The van der Waals surface area contributed by atoms with E-state index < -0.39 is 14.6 Å². The first kappa shape index (κ1) is 26.3. The zero-order chi connectivity index (χ0) is 27.0. The zero-order valence-corrected chi connectivity index (χ0v) is 22.9.